The molecule has 1 heterocycles. The Bertz CT molecular complexity index is 785. The predicted octanol–water partition coefficient (Wildman–Crippen LogP) is 3.39. The van der Waals surface area contributed by atoms with Gasteiger partial charge in [-0.2, -0.15) is 0 Å². The highest BCUT2D eigenvalue weighted by atomic mass is 16.5. The van der Waals surface area contributed by atoms with Gasteiger partial charge in [0.1, 0.15) is 17.1 Å². The van der Waals surface area contributed by atoms with Crippen LogP contribution in [0.3, 0.4) is 0 Å². The van der Waals surface area contributed by atoms with Crippen LogP contribution in [-0.2, 0) is 6.42 Å². The zero-order valence-electron chi connectivity index (χ0n) is 11.1. The standard InChI is InChI=1S/C17H14O3/c1-19-13-8-6-12(7-9-13)10-14-11-16(18)15-4-2-3-5-17(15)20-14/h2-9,11H,10H2,1H3. The third-order valence-electron chi connectivity index (χ3n) is 3.22. The molecule has 100 valence electrons. The summed E-state index contributed by atoms with van der Waals surface area (Å²) in [7, 11) is 1.64. The summed E-state index contributed by atoms with van der Waals surface area (Å²) >= 11 is 0. The molecule has 2 aromatic carbocycles. The fourth-order valence-electron chi connectivity index (χ4n) is 2.19. The van der Waals surface area contributed by atoms with E-state index in [1.54, 1.807) is 19.2 Å². The Morgan fingerprint density at radius 1 is 1.05 bits per heavy atom. The van der Waals surface area contributed by atoms with Crippen molar-refractivity contribution in [1.29, 1.82) is 0 Å². The maximum atomic E-state index is 12.0. The van der Waals surface area contributed by atoms with E-state index in [1.165, 1.54) is 0 Å². The lowest BCUT2D eigenvalue weighted by Gasteiger charge is -2.04. The fraction of sp³-hybridized carbons (Fsp3) is 0.118. The maximum absolute atomic E-state index is 12.0. The topological polar surface area (TPSA) is 39.4 Å². The number of fused-ring (bicyclic) bond motifs is 1. The SMILES string of the molecule is COc1ccc(Cc2cc(=O)c3ccccc3o2)cc1. The molecule has 0 aliphatic carbocycles. The fourth-order valence-corrected chi connectivity index (χ4v) is 2.19. The molecule has 0 N–H and O–H groups in total. The third-order valence-corrected chi connectivity index (χ3v) is 3.22. The van der Waals surface area contributed by atoms with Crippen LogP contribution in [0, 0.1) is 0 Å². The quantitative estimate of drug-likeness (QED) is 0.729. The molecule has 0 amide bonds. The number of rotatable bonds is 3. The summed E-state index contributed by atoms with van der Waals surface area (Å²) in [6.45, 7) is 0. The van der Waals surface area contributed by atoms with Crippen molar-refractivity contribution in [3.05, 3.63) is 76.1 Å². The Balaban J connectivity index is 1.96. The molecule has 0 saturated carbocycles. The van der Waals surface area contributed by atoms with Gasteiger partial charge in [0.05, 0.1) is 12.5 Å². The Kier molecular flexibility index (Phi) is 3.25. The number of hydrogen-bond acceptors (Lipinski definition) is 3. The molecule has 0 spiro atoms. The van der Waals surface area contributed by atoms with Crippen LogP contribution in [-0.4, -0.2) is 7.11 Å². The van der Waals surface area contributed by atoms with Crippen molar-refractivity contribution < 1.29 is 9.15 Å². The third kappa shape index (κ3) is 2.43. The lowest BCUT2D eigenvalue weighted by atomic mass is 10.1. The molecule has 1 aromatic heterocycles. The average molecular weight is 266 g/mol. The van der Waals surface area contributed by atoms with Gasteiger partial charge in [-0.25, -0.2) is 0 Å². The van der Waals surface area contributed by atoms with E-state index in [9.17, 15) is 4.79 Å². The largest absolute Gasteiger partial charge is 0.497 e. The van der Waals surface area contributed by atoms with Crippen molar-refractivity contribution in [2.45, 2.75) is 6.42 Å². The second-order valence-corrected chi connectivity index (χ2v) is 4.60. The molecule has 0 atom stereocenters. The molecule has 0 radical (unpaired) electrons. The van der Waals surface area contributed by atoms with Gasteiger partial charge in [-0.15, -0.1) is 0 Å². The molecule has 3 heteroatoms. The van der Waals surface area contributed by atoms with Crippen LogP contribution in [0.15, 0.2) is 63.8 Å². The van der Waals surface area contributed by atoms with E-state index in [1.807, 2.05) is 42.5 Å². The summed E-state index contributed by atoms with van der Waals surface area (Å²) in [6, 6.07) is 16.6. The number of ether oxygens (including phenoxy) is 1. The number of hydrogen-bond donors (Lipinski definition) is 0. The molecule has 0 fully saturated rings. The minimum Gasteiger partial charge on any atom is -0.497 e. The van der Waals surface area contributed by atoms with Gasteiger partial charge < -0.3 is 9.15 Å². The van der Waals surface area contributed by atoms with E-state index >= 15 is 0 Å². The molecule has 0 unspecified atom stereocenters. The maximum Gasteiger partial charge on any atom is 0.192 e. The second kappa shape index (κ2) is 5.21. The van der Waals surface area contributed by atoms with Gasteiger partial charge in [-0.05, 0) is 29.8 Å². The van der Waals surface area contributed by atoms with Crippen molar-refractivity contribution in [3.8, 4) is 5.75 Å². The predicted molar refractivity (Wildman–Crippen MR) is 78.3 cm³/mol. The summed E-state index contributed by atoms with van der Waals surface area (Å²) in [4.78, 5) is 12.0. The lowest BCUT2D eigenvalue weighted by molar-refractivity contribution is 0.414. The average Bonchev–Trinajstić information content (AvgIpc) is 2.48. The summed E-state index contributed by atoms with van der Waals surface area (Å²) in [5.41, 5.74) is 1.70. The summed E-state index contributed by atoms with van der Waals surface area (Å²) in [6.07, 6.45) is 0.587. The Morgan fingerprint density at radius 2 is 1.80 bits per heavy atom. The summed E-state index contributed by atoms with van der Waals surface area (Å²) < 4.78 is 10.9. The summed E-state index contributed by atoms with van der Waals surface area (Å²) in [5.74, 6) is 1.48. The van der Waals surface area contributed by atoms with Gasteiger partial charge in [0.25, 0.3) is 0 Å². The summed E-state index contributed by atoms with van der Waals surface area (Å²) in [5, 5.41) is 0.617. The Hall–Kier alpha value is -2.55. The second-order valence-electron chi connectivity index (χ2n) is 4.60. The molecule has 0 saturated heterocycles. The van der Waals surface area contributed by atoms with Crippen molar-refractivity contribution in [2.24, 2.45) is 0 Å². The first-order valence-corrected chi connectivity index (χ1v) is 6.41. The minimum absolute atomic E-state index is 0.00429. The zero-order chi connectivity index (χ0) is 13.9. The van der Waals surface area contributed by atoms with Crippen LogP contribution < -0.4 is 10.2 Å². The first kappa shape index (κ1) is 12.5. The van der Waals surface area contributed by atoms with E-state index in [0.717, 1.165) is 11.3 Å². The monoisotopic (exact) mass is 266 g/mol. The zero-order valence-corrected chi connectivity index (χ0v) is 11.1. The number of benzene rings is 2. The van der Waals surface area contributed by atoms with Gasteiger partial charge in [-0.1, -0.05) is 24.3 Å². The highest BCUT2D eigenvalue weighted by Crippen LogP contribution is 2.17. The first-order chi connectivity index (χ1) is 9.76. The van der Waals surface area contributed by atoms with Crippen LogP contribution in [0.5, 0.6) is 5.75 Å². The lowest BCUT2D eigenvalue weighted by Crippen LogP contribution is -2.02. The Morgan fingerprint density at radius 3 is 2.55 bits per heavy atom. The normalized spacial score (nSPS) is 10.7. The highest BCUT2D eigenvalue weighted by molar-refractivity contribution is 5.76. The number of methoxy groups -OCH3 is 1. The van der Waals surface area contributed by atoms with Crippen LogP contribution in [0.4, 0.5) is 0 Å². The molecular weight excluding hydrogens is 252 g/mol. The molecule has 0 aliphatic heterocycles. The number of para-hydroxylation sites is 1. The van der Waals surface area contributed by atoms with E-state index < -0.39 is 0 Å². The molecule has 20 heavy (non-hydrogen) atoms. The molecule has 3 rings (SSSR count). The van der Waals surface area contributed by atoms with E-state index in [0.29, 0.717) is 23.2 Å². The van der Waals surface area contributed by atoms with E-state index in [2.05, 4.69) is 0 Å². The smallest absolute Gasteiger partial charge is 0.192 e. The van der Waals surface area contributed by atoms with Crippen LogP contribution >= 0.6 is 0 Å². The van der Waals surface area contributed by atoms with Crippen molar-refractivity contribution >= 4 is 11.0 Å². The molecule has 3 aromatic rings. The molecular formula is C17H14O3. The molecule has 0 bridgehead atoms. The van der Waals surface area contributed by atoms with Crippen LogP contribution in [0.1, 0.15) is 11.3 Å². The van der Waals surface area contributed by atoms with Crippen LogP contribution in [0.25, 0.3) is 11.0 Å². The molecule has 3 nitrogen and oxygen atoms in total. The van der Waals surface area contributed by atoms with Crippen molar-refractivity contribution in [2.75, 3.05) is 7.11 Å². The van der Waals surface area contributed by atoms with Gasteiger partial charge >= 0.3 is 0 Å². The van der Waals surface area contributed by atoms with Gasteiger partial charge in [0, 0.05) is 12.5 Å². The van der Waals surface area contributed by atoms with Gasteiger partial charge in [0.15, 0.2) is 5.43 Å². The van der Waals surface area contributed by atoms with Crippen molar-refractivity contribution in [3.63, 3.8) is 0 Å². The Labute approximate surface area is 116 Å². The first-order valence-electron chi connectivity index (χ1n) is 6.41. The highest BCUT2D eigenvalue weighted by Gasteiger charge is 2.05. The van der Waals surface area contributed by atoms with Gasteiger partial charge in [-0.3, -0.25) is 4.79 Å². The van der Waals surface area contributed by atoms with Crippen LogP contribution in [0.2, 0.25) is 0 Å². The van der Waals surface area contributed by atoms with Crippen molar-refractivity contribution in [1.82, 2.24) is 0 Å². The van der Waals surface area contributed by atoms with E-state index in [-0.39, 0.29) is 5.43 Å². The minimum atomic E-state index is -0.00429. The van der Waals surface area contributed by atoms with Gasteiger partial charge in [0.2, 0.25) is 0 Å². The molecule has 0 aliphatic rings. The van der Waals surface area contributed by atoms with E-state index in [4.69, 9.17) is 9.15 Å².